The molecule has 1 atom stereocenters. The molecular weight excluding hydrogens is 368 g/mol. The molecule has 0 unspecified atom stereocenters. The third-order valence-electron chi connectivity index (χ3n) is 4.25. The molecule has 2 amide bonds. The Hall–Kier alpha value is -2.86. The molecule has 1 heterocycles. The normalized spacial score (nSPS) is 16.3. The van der Waals surface area contributed by atoms with E-state index in [2.05, 4.69) is 5.32 Å². The lowest BCUT2D eigenvalue weighted by atomic mass is 10.1. The van der Waals surface area contributed by atoms with Crippen LogP contribution in [0.3, 0.4) is 0 Å². The molecule has 2 aromatic carbocycles. The molecule has 140 valence electrons. The molecule has 6 nitrogen and oxygen atoms in total. The molecule has 3 rings (SSSR count). The summed E-state index contributed by atoms with van der Waals surface area (Å²) in [5, 5.41) is 3.11. The van der Waals surface area contributed by atoms with Gasteiger partial charge in [-0.2, -0.15) is 0 Å². The molecule has 0 bridgehead atoms. The summed E-state index contributed by atoms with van der Waals surface area (Å²) >= 11 is 6.12. The van der Waals surface area contributed by atoms with Crippen LogP contribution in [0, 0.1) is 12.8 Å². The number of rotatable bonds is 5. The van der Waals surface area contributed by atoms with Gasteiger partial charge in [0.25, 0.3) is 5.91 Å². The van der Waals surface area contributed by atoms with Gasteiger partial charge in [-0.25, -0.2) is 0 Å². The number of nitrogens with one attached hydrogen (secondary N) is 1. The topological polar surface area (TPSA) is 75.7 Å². The van der Waals surface area contributed by atoms with Gasteiger partial charge >= 0.3 is 5.97 Å². The third-order valence-corrected chi connectivity index (χ3v) is 4.57. The van der Waals surface area contributed by atoms with Crippen molar-refractivity contribution in [3.8, 4) is 0 Å². The number of amides is 2. The number of hydrogen-bond donors (Lipinski definition) is 1. The summed E-state index contributed by atoms with van der Waals surface area (Å²) in [4.78, 5) is 37.9. The highest BCUT2D eigenvalue weighted by atomic mass is 35.5. The Morgan fingerprint density at radius 1 is 1.22 bits per heavy atom. The number of carbonyl (C=O) groups is 3. The summed E-state index contributed by atoms with van der Waals surface area (Å²) < 4.78 is 5.09. The van der Waals surface area contributed by atoms with Crippen LogP contribution in [0.2, 0.25) is 5.02 Å². The Labute approximate surface area is 162 Å². The number of nitrogens with zero attached hydrogens (tertiary/aromatic N) is 1. The number of benzene rings is 2. The number of ether oxygens (including phenoxy) is 1. The highest BCUT2D eigenvalue weighted by molar-refractivity contribution is 6.33. The third kappa shape index (κ3) is 4.65. The number of aryl methyl sites for hydroxylation is 1. The zero-order valence-electron chi connectivity index (χ0n) is 14.8. The standard InChI is InChI=1S/C20H19ClN2O4/c1-13-5-4-6-15(9-13)22-18(24)12-27-20(26)14-10-19(25)23(11-14)17-8-3-2-7-16(17)21/h2-9,14H,10-12H2,1H3,(H,22,24)/t14-/m1/s1. The number of carbonyl (C=O) groups excluding carboxylic acids is 3. The second-order valence-electron chi connectivity index (χ2n) is 6.38. The molecule has 1 aliphatic heterocycles. The summed E-state index contributed by atoms with van der Waals surface area (Å²) in [7, 11) is 0. The van der Waals surface area contributed by atoms with Crippen molar-refractivity contribution in [1.82, 2.24) is 0 Å². The summed E-state index contributed by atoms with van der Waals surface area (Å²) in [5.74, 6) is -1.83. The molecule has 27 heavy (non-hydrogen) atoms. The van der Waals surface area contributed by atoms with Crippen molar-refractivity contribution in [2.24, 2.45) is 5.92 Å². The molecule has 1 N–H and O–H groups in total. The highest BCUT2D eigenvalue weighted by Crippen LogP contribution is 2.31. The van der Waals surface area contributed by atoms with Gasteiger partial charge in [0.15, 0.2) is 6.61 Å². The van der Waals surface area contributed by atoms with E-state index < -0.39 is 24.4 Å². The monoisotopic (exact) mass is 386 g/mol. The van der Waals surface area contributed by atoms with Gasteiger partial charge in [-0.1, -0.05) is 35.9 Å². The van der Waals surface area contributed by atoms with Gasteiger partial charge in [-0.3, -0.25) is 14.4 Å². The maximum Gasteiger partial charge on any atom is 0.311 e. The van der Waals surface area contributed by atoms with E-state index in [4.69, 9.17) is 16.3 Å². The Bertz CT molecular complexity index is 884. The largest absolute Gasteiger partial charge is 0.455 e. The van der Waals surface area contributed by atoms with Gasteiger partial charge in [0.05, 0.1) is 16.6 Å². The van der Waals surface area contributed by atoms with Gasteiger partial charge in [-0.15, -0.1) is 0 Å². The fourth-order valence-corrected chi connectivity index (χ4v) is 3.18. The van der Waals surface area contributed by atoms with Crippen molar-refractivity contribution in [1.29, 1.82) is 0 Å². The molecule has 0 spiro atoms. The SMILES string of the molecule is Cc1cccc(NC(=O)COC(=O)[C@@H]2CC(=O)N(c3ccccc3Cl)C2)c1. The van der Waals surface area contributed by atoms with Gasteiger partial charge < -0.3 is 15.0 Å². The van der Waals surface area contributed by atoms with Crippen LogP contribution in [0.5, 0.6) is 0 Å². The van der Waals surface area contributed by atoms with Crippen molar-refractivity contribution < 1.29 is 19.1 Å². The second kappa shape index (κ2) is 8.22. The summed E-state index contributed by atoms with van der Waals surface area (Å²) in [5.41, 5.74) is 2.21. The quantitative estimate of drug-likeness (QED) is 0.801. The predicted molar refractivity (Wildman–Crippen MR) is 103 cm³/mol. The first kappa shape index (κ1) is 18.9. The smallest absolute Gasteiger partial charge is 0.311 e. The first-order valence-corrected chi connectivity index (χ1v) is 8.90. The maximum absolute atomic E-state index is 12.2. The molecule has 0 aromatic heterocycles. The predicted octanol–water partition coefficient (Wildman–Crippen LogP) is 3.18. The number of esters is 1. The van der Waals surface area contributed by atoms with E-state index >= 15 is 0 Å². The average molecular weight is 387 g/mol. The lowest BCUT2D eigenvalue weighted by molar-refractivity contribution is -0.151. The molecule has 7 heteroatoms. The summed E-state index contributed by atoms with van der Waals surface area (Å²) in [6.07, 6.45) is 0.0313. The van der Waals surface area contributed by atoms with E-state index in [0.29, 0.717) is 16.4 Å². The first-order chi connectivity index (χ1) is 12.9. The van der Waals surface area contributed by atoms with Crippen LogP contribution in [-0.4, -0.2) is 30.9 Å². The fourth-order valence-electron chi connectivity index (χ4n) is 2.94. The van der Waals surface area contributed by atoms with Crippen molar-refractivity contribution in [2.45, 2.75) is 13.3 Å². The lowest BCUT2D eigenvalue weighted by Gasteiger charge is -2.17. The van der Waals surface area contributed by atoms with E-state index in [-0.39, 0.29) is 18.9 Å². The van der Waals surface area contributed by atoms with Gasteiger partial charge in [-0.05, 0) is 36.8 Å². The maximum atomic E-state index is 12.2. The van der Waals surface area contributed by atoms with Crippen LogP contribution in [0.4, 0.5) is 11.4 Å². The molecule has 0 aliphatic carbocycles. The molecular formula is C20H19ClN2O4. The minimum absolute atomic E-state index is 0.0313. The minimum atomic E-state index is -0.624. The molecule has 1 saturated heterocycles. The van der Waals surface area contributed by atoms with Gasteiger partial charge in [0.1, 0.15) is 0 Å². The second-order valence-corrected chi connectivity index (χ2v) is 6.79. The molecule has 2 aromatic rings. The number of hydrogen-bond acceptors (Lipinski definition) is 4. The van der Waals surface area contributed by atoms with E-state index in [1.807, 2.05) is 25.1 Å². The van der Waals surface area contributed by atoms with E-state index in [9.17, 15) is 14.4 Å². The Balaban J connectivity index is 1.53. The average Bonchev–Trinajstić information content (AvgIpc) is 3.02. The van der Waals surface area contributed by atoms with Crippen LogP contribution >= 0.6 is 11.6 Å². The summed E-state index contributed by atoms with van der Waals surface area (Å²) in [6, 6.07) is 14.3. The van der Waals surface area contributed by atoms with Gasteiger partial charge in [0, 0.05) is 18.7 Å². The highest BCUT2D eigenvalue weighted by Gasteiger charge is 2.37. The minimum Gasteiger partial charge on any atom is -0.455 e. The number of anilines is 2. The Morgan fingerprint density at radius 3 is 2.74 bits per heavy atom. The van der Waals surface area contributed by atoms with Crippen molar-refractivity contribution in [3.05, 3.63) is 59.1 Å². The van der Waals surface area contributed by atoms with Crippen LogP contribution in [0.15, 0.2) is 48.5 Å². The number of para-hydroxylation sites is 1. The molecule has 1 aliphatic rings. The zero-order valence-corrected chi connectivity index (χ0v) is 15.5. The fraction of sp³-hybridized carbons (Fsp3) is 0.250. The van der Waals surface area contributed by atoms with E-state index in [1.165, 1.54) is 4.90 Å². The van der Waals surface area contributed by atoms with E-state index in [1.54, 1.807) is 30.3 Å². The van der Waals surface area contributed by atoms with Crippen molar-refractivity contribution in [3.63, 3.8) is 0 Å². The number of halogens is 1. The van der Waals surface area contributed by atoms with Crippen LogP contribution in [-0.2, 0) is 19.1 Å². The summed E-state index contributed by atoms with van der Waals surface area (Å²) in [6.45, 7) is 1.70. The van der Waals surface area contributed by atoms with Gasteiger partial charge in [0.2, 0.25) is 5.91 Å². The van der Waals surface area contributed by atoms with Crippen LogP contribution in [0.1, 0.15) is 12.0 Å². The lowest BCUT2D eigenvalue weighted by Crippen LogP contribution is -2.28. The molecule has 0 radical (unpaired) electrons. The zero-order chi connectivity index (χ0) is 19.4. The van der Waals surface area contributed by atoms with E-state index in [0.717, 1.165) is 5.56 Å². The van der Waals surface area contributed by atoms with Crippen LogP contribution in [0.25, 0.3) is 0 Å². The van der Waals surface area contributed by atoms with Crippen molar-refractivity contribution in [2.75, 3.05) is 23.4 Å². The molecule has 0 saturated carbocycles. The van der Waals surface area contributed by atoms with Crippen molar-refractivity contribution >= 4 is 40.8 Å². The Kier molecular flexibility index (Phi) is 5.76. The van der Waals surface area contributed by atoms with Crippen LogP contribution < -0.4 is 10.2 Å². The first-order valence-electron chi connectivity index (χ1n) is 8.52. The molecule has 1 fully saturated rings. The Morgan fingerprint density at radius 2 is 2.00 bits per heavy atom.